The van der Waals surface area contributed by atoms with Gasteiger partial charge in [-0.05, 0) is 37.0 Å². The van der Waals surface area contributed by atoms with Crippen molar-refractivity contribution in [2.45, 2.75) is 46.2 Å². The van der Waals surface area contributed by atoms with Crippen LogP contribution in [0.3, 0.4) is 0 Å². The molecule has 28 heavy (non-hydrogen) atoms. The number of benzene rings is 1. The smallest absolute Gasteiger partial charge is 0.191 e. The SMILES string of the molecule is CCCCOCCCNC(=NCc1ccccc1Cn1cccn1)NCC.I. The van der Waals surface area contributed by atoms with Crippen molar-refractivity contribution >= 4 is 29.9 Å². The monoisotopic (exact) mass is 499 g/mol. The Bertz CT molecular complexity index is 661. The van der Waals surface area contributed by atoms with Crippen LogP contribution >= 0.6 is 24.0 Å². The van der Waals surface area contributed by atoms with E-state index in [1.807, 2.05) is 16.9 Å². The minimum absolute atomic E-state index is 0. The van der Waals surface area contributed by atoms with E-state index >= 15 is 0 Å². The van der Waals surface area contributed by atoms with Gasteiger partial charge in [0.2, 0.25) is 0 Å². The van der Waals surface area contributed by atoms with Crippen molar-refractivity contribution in [2.75, 3.05) is 26.3 Å². The number of rotatable bonds is 12. The number of hydrogen-bond donors (Lipinski definition) is 2. The summed E-state index contributed by atoms with van der Waals surface area (Å²) in [4.78, 5) is 4.74. The van der Waals surface area contributed by atoms with Crippen molar-refractivity contribution in [3.8, 4) is 0 Å². The zero-order valence-electron chi connectivity index (χ0n) is 17.1. The molecular formula is C21H34IN5O. The Labute approximate surface area is 186 Å². The standard InChI is InChI=1S/C21H33N5O.HI/c1-3-5-15-27-16-9-12-23-21(22-4-2)24-17-19-10-6-7-11-20(19)18-26-14-8-13-25-26;/h6-8,10-11,13-14H,3-5,9,12,15-18H2,1-2H3,(H2,22,23,24);1H. The Morgan fingerprint density at radius 2 is 1.86 bits per heavy atom. The average molecular weight is 499 g/mol. The number of halogens is 1. The van der Waals surface area contributed by atoms with E-state index in [0.29, 0.717) is 6.54 Å². The van der Waals surface area contributed by atoms with Gasteiger partial charge in [0.05, 0.1) is 13.1 Å². The van der Waals surface area contributed by atoms with Gasteiger partial charge in [0.1, 0.15) is 0 Å². The van der Waals surface area contributed by atoms with Crippen molar-refractivity contribution < 1.29 is 4.74 Å². The number of hydrogen-bond acceptors (Lipinski definition) is 3. The highest BCUT2D eigenvalue weighted by molar-refractivity contribution is 14.0. The Hall–Kier alpha value is -1.61. The highest BCUT2D eigenvalue weighted by Gasteiger charge is 2.04. The molecule has 2 N–H and O–H groups in total. The van der Waals surface area contributed by atoms with Gasteiger partial charge in [0, 0.05) is 38.7 Å². The van der Waals surface area contributed by atoms with E-state index in [-0.39, 0.29) is 24.0 Å². The first-order chi connectivity index (χ1) is 13.3. The summed E-state index contributed by atoms with van der Waals surface area (Å²) < 4.78 is 7.54. The summed E-state index contributed by atoms with van der Waals surface area (Å²) in [5, 5.41) is 11.0. The van der Waals surface area contributed by atoms with Crippen molar-refractivity contribution in [3.63, 3.8) is 0 Å². The van der Waals surface area contributed by atoms with E-state index in [9.17, 15) is 0 Å². The molecule has 6 nitrogen and oxygen atoms in total. The van der Waals surface area contributed by atoms with E-state index in [1.165, 1.54) is 17.5 Å². The topological polar surface area (TPSA) is 63.5 Å². The van der Waals surface area contributed by atoms with Crippen LogP contribution in [0.15, 0.2) is 47.7 Å². The van der Waals surface area contributed by atoms with Gasteiger partial charge in [-0.3, -0.25) is 4.68 Å². The Balaban J connectivity index is 0.00000392. The molecule has 7 heteroatoms. The third-order valence-corrected chi connectivity index (χ3v) is 4.16. The van der Waals surface area contributed by atoms with Crippen LogP contribution in [0.5, 0.6) is 0 Å². The van der Waals surface area contributed by atoms with Gasteiger partial charge < -0.3 is 15.4 Å². The van der Waals surface area contributed by atoms with Crippen LogP contribution in [-0.4, -0.2) is 42.0 Å². The first kappa shape index (κ1) is 24.4. The number of aliphatic imine (C=N–C) groups is 1. The summed E-state index contributed by atoms with van der Waals surface area (Å²) in [7, 11) is 0. The number of nitrogens with one attached hydrogen (secondary N) is 2. The van der Waals surface area contributed by atoms with Gasteiger partial charge >= 0.3 is 0 Å². The molecule has 0 aliphatic heterocycles. The second kappa shape index (κ2) is 15.3. The second-order valence-electron chi connectivity index (χ2n) is 6.41. The molecule has 0 saturated heterocycles. The summed E-state index contributed by atoms with van der Waals surface area (Å²) in [5.74, 6) is 0.847. The summed E-state index contributed by atoms with van der Waals surface area (Å²) in [6.07, 6.45) is 7.07. The third-order valence-electron chi connectivity index (χ3n) is 4.16. The number of ether oxygens (including phenoxy) is 1. The summed E-state index contributed by atoms with van der Waals surface area (Å²) in [5.41, 5.74) is 2.46. The van der Waals surface area contributed by atoms with Gasteiger partial charge in [0.25, 0.3) is 0 Å². The molecule has 0 aliphatic carbocycles. The third kappa shape index (κ3) is 9.54. The maximum Gasteiger partial charge on any atom is 0.191 e. The minimum Gasteiger partial charge on any atom is -0.381 e. The normalized spacial score (nSPS) is 11.1. The highest BCUT2D eigenvalue weighted by Crippen LogP contribution is 2.11. The van der Waals surface area contributed by atoms with Crippen LogP contribution in [-0.2, 0) is 17.8 Å². The summed E-state index contributed by atoms with van der Waals surface area (Å²) in [6.45, 7) is 9.00. The molecule has 2 aromatic rings. The van der Waals surface area contributed by atoms with E-state index in [2.05, 4.69) is 53.8 Å². The molecule has 1 heterocycles. The molecule has 0 radical (unpaired) electrons. The fraction of sp³-hybridized carbons (Fsp3) is 0.524. The van der Waals surface area contributed by atoms with Crippen LogP contribution in [0.25, 0.3) is 0 Å². The molecule has 156 valence electrons. The molecule has 0 spiro atoms. The molecule has 0 bridgehead atoms. The lowest BCUT2D eigenvalue weighted by Gasteiger charge is -2.13. The van der Waals surface area contributed by atoms with E-state index in [0.717, 1.165) is 51.6 Å². The molecule has 1 aromatic carbocycles. The molecule has 0 aliphatic rings. The number of nitrogens with zero attached hydrogens (tertiary/aromatic N) is 3. The first-order valence-electron chi connectivity index (χ1n) is 9.97. The molecule has 0 atom stereocenters. The zero-order chi connectivity index (χ0) is 19.2. The Morgan fingerprint density at radius 1 is 1.07 bits per heavy atom. The molecule has 0 amide bonds. The van der Waals surface area contributed by atoms with Gasteiger partial charge in [-0.15, -0.1) is 24.0 Å². The zero-order valence-corrected chi connectivity index (χ0v) is 19.4. The summed E-state index contributed by atoms with van der Waals surface area (Å²) >= 11 is 0. The highest BCUT2D eigenvalue weighted by atomic mass is 127. The van der Waals surface area contributed by atoms with Crippen LogP contribution in [0, 0.1) is 0 Å². The molecule has 2 rings (SSSR count). The van der Waals surface area contributed by atoms with Gasteiger partial charge in [-0.2, -0.15) is 5.10 Å². The van der Waals surface area contributed by atoms with Crippen molar-refractivity contribution in [3.05, 3.63) is 53.9 Å². The second-order valence-corrected chi connectivity index (χ2v) is 6.41. The molecule has 0 unspecified atom stereocenters. The fourth-order valence-electron chi connectivity index (χ4n) is 2.67. The van der Waals surface area contributed by atoms with Gasteiger partial charge in [-0.1, -0.05) is 37.6 Å². The van der Waals surface area contributed by atoms with Crippen molar-refractivity contribution in [1.82, 2.24) is 20.4 Å². The first-order valence-corrected chi connectivity index (χ1v) is 9.97. The van der Waals surface area contributed by atoms with Crippen LogP contribution < -0.4 is 10.6 Å². The van der Waals surface area contributed by atoms with Crippen LogP contribution in [0.1, 0.15) is 44.2 Å². The van der Waals surface area contributed by atoms with Crippen LogP contribution in [0.4, 0.5) is 0 Å². The van der Waals surface area contributed by atoms with Crippen LogP contribution in [0.2, 0.25) is 0 Å². The lowest BCUT2D eigenvalue weighted by atomic mass is 10.1. The average Bonchev–Trinajstić information content (AvgIpc) is 3.19. The Kier molecular flexibility index (Phi) is 13.4. The number of unbranched alkanes of at least 4 members (excludes halogenated alkanes) is 1. The van der Waals surface area contributed by atoms with Gasteiger partial charge in [-0.25, -0.2) is 4.99 Å². The van der Waals surface area contributed by atoms with E-state index in [4.69, 9.17) is 9.73 Å². The van der Waals surface area contributed by atoms with Crippen molar-refractivity contribution in [1.29, 1.82) is 0 Å². The quantitative estimate of drug-likeness (QED) is 0.202. The van der Waals surface area contributed by atoms with E-state index < -0.39 is 0 Å². The largest absolute Gasteiger partial charge is 0.381 e. The van der Waals surface area contributed by atoms with E-state index in [1.54, 1.807) is 6.20 Å². The molecule has 1 aromatic heterocycles. The lowest BCUT2D eigenvalue weighted by molar-refractivity contribution is 0.129. The minimum atomic E-state index is 0. The number of aromatic nitrogens is 2. The predicted octanol–water partition coefficient (Wildman–Crippen LogP) is 3.81. The fourth-order valence-corrected chi connectivity index (χ4v) is 2.67. The number of guanidine groups is 1. The lowest BCUT2D eigenvalue weighted by Crippen LogP contribution is -2.38. The maximum absolute atomic E-state index is 5.60. The Morgan fingerprint density at radius 3 is 2.57 bits per heavy atom. The van der Waals surface area contributed by atoms with Crippen molar-refractivity contribution in [2.24, 2.45) is 4.99 Å². The molecule has 0 saturated carbocycles. The summed E-state index contributed by atoms with van der Waals surface area (Å²) in [6, 6.07) is 10.3. The van der Waals surface area contributed by atoms with Gasteiger partial charge in [0.15, 0.2) is 5.96 Å². The maximum atomic E-state index is 5.60. The molecule has 0 fully saturated rings. The predicted molar refractivity (Wildman–Crippen MR) is 126 cm³/mol. The molecular weight excluding hydrogens is 465 g/mol.